The molecule has 1 saturated heterocycles. The Hall–Kier alpha value is -0.570. The highest BCUT2D eigenvalue weighted by atomic mass is 16.2. The van der Waals surface area contributed by atoms with Gasteiger partial charge in [-0.1, -0.05) is 45.4 Å². The van der Waals surface area contributed by atoms with Gasteiger partial charge in [-0.2, -0.15) is 0 Å². The van der Waals surface area contributed by atoms with Crippen molar-refractivity contribution >= 4 is 5.91 Å². The molecule has 1 aliphatic heterocycles. The van der Waals surface area contributed by atoms with Crippen molar-refractivity contribution in [2.75, 3.05) is 20.1 Å². The molecule has 3 nitrogen and oxygen atoms in total. The van der Waals surface area contributed by atoms with Crippen molar-refractivity contribution in [3.63, 3.8) is 0 Å². The molecular weight excluding hydrogens is 224 g/mol. The maximum Gasteiger partial charge on any atom is 0.222 e. The largest absolute Gasteiger partial charge is 0.344 e. The maximum absolute atomic E-state index is 11.3. The number of nitrogens with zero attached hydrogens (tertiary/aromatic N) is 1. The van der Waals surface area contributed by atoms with Gasteiger partial charge in [-0.25, -0.2) is 0 Å². The van der Waals surface area contributed by atoms with Gasteiger partial charge >= 0.3 is 0 Å². The number of hydrogen-bond donors (Lipinski definition) is 1. The van der Waals surface area contributed by atoms with Gasteiger partial charge in [-0.3, -0.25) is 4.79 Å². The molecule has 106 valence electrons. The first-order valence-electron chi connectivity index (χ1n) is 7.71. The lowest BCUT2D eigenvalue weighted by atomic mass is 10.1. The van der Waals surface area contributed by atoms with Crippen LogP contribution in [0.25, 0.3) is 0 Å². The van der Waals surface area contributed by atoms with Crippen LogP contribution in [-0.2, 0) is 4.79 Å². The molecule has 1 amide bonds. The van der Waals surface area contributed by atoms with E-state index in [1.807, 2.05) is 11.9 Å². The highest BCUT2D eigenvalue weighted by molar-refractivity contribution is 5.76. The van der Waals surface area contributed by atoms with E-state index >= 15 is 0 Å². The Morgan fingerprint density at radius 2 is 1.83 bits per heavy atom. The lowest BCUT2D eigenvalue weighted by Gasteiger charge is -2.30. The number of carbonyl (C=O) groups is 1. The van der Waals surface area contributed by atoms with E-state index in [9.17, 15) is 4.79 Å². The number of piperidine rings is 1. The topological polar surface area (TPSA) is 32.3 Å². The number of amides is 1. The van der Waals surface area contributed by atoms with Gasteiger partial charge in [0, 0.05) is 26.1 Å². The smallest absolute Gasteiger partial charge is 0.222 e. The van der Waals surface area contributed by atoms with Gasteiger partial charge in [0.1, 0.15) is 0 Å². The molecule has 0 bridgehead atoms. The fraction of sp³-hybridized carbons (Fsp3) is 0.933. The molecule has 1 fully saturated rings. The van der Waals surface area contributed by atoms with Crippen LogP contribution in [0.1, 0.15) is 64.7 Å². The van der Waals surface area contributed by atoms with Crippen molar-refractivity contribution in [1.29, 1.82) is 0 Å². The van der Waals surface area contributed by atoms with Crippen LogP contribution in [0, 0.1) is 0 Å². The average molecular weight is 254 g/mol. The van der Waals surface area contributed by atoms with E-state index in [4.69, 9.17) is 0 Å². The minimum Gasteiger partial charge on any atom is -0.344 e. The molecule has 1 heterocycles. The first-order valence-corrected chi connectivity index (χ1v) is 7.71. The molecule has 0 radical (unpaired) electrons. The van der Waals surface area contributed by atoms with Crippen molar-refractivity contribution < 1.29 is 4.79 Å². The Morgan fingerprint density at radius 3 is 2.50 bits per heavy atom. The van der Waals surface area contributed by atoms with Gasteiger partial charge in [0.15, 0.2) is 0 Å². The molecule has 0 spiro atoms. The van der Waals surface area contributed by atoms with E-state index in [-0.39, 0.29) is 0 Å². The van der Waals surface area contributed by atoms with Crippen LogP contribution < -0.4 is 5.32 Å². The lowest BCUT2D eigenvalue weighted by molar-refractivity contribution is -0.132. The zero-order valence-electron chi connectivity index (χ0n) is 12.2. The summed E-state index contributed by atoms with van der Waals surface area (Å²) in [5.74, 6) is 0.295. The molecule has 0 aromatic rings. The zero-order valence-corrected chi connectivity index (χ0v) is 12.2. The summed E-state index contributed by atoms with van der Waals surface area (Å²) in [5, 5.41) is 3.58. The fourth-order valence-electron chi connectivity index (χ4n) is 2.57. The molecule has 3 heteroatoms. The summed E-state index contributed by atoms with van der Waals surface area (Å²) in [6.07, 6.45) is 11.2. The van der Waals surface area contributed by atoms with E-state index in [1.165, 1.54) is 44.9 Å². The maximum atomic E-state index is 11.3. The standard InChI is InChI=1S/C15H30N2O/c1-3-4-5-6-7-8-9-12-16-14-10-11-15(18)17(2)13-14/h14,16H,3-13H2,1-2H3. The van der Waals surface area contributed by atoms with Crippen LogP contribution in [0.3, 0.4) is 0 Å². The van der Waals surface area contributed by atoms with Crippen molar-refractivity contribution in [2.24, 2.45) is 0 Å². The monoisotopic (exact) mass is 254 g/mol. The zero-order chi connectivity index (χ0) is 13.2. The van der Waals surface area contributed by atoms with Gasteiger partial charge in [0.25, 0.3) is 0 Å². The molecule has 1 aliphatic rings. The number of nitrogens with one attached hydrogen (secondary N) is 1. The molecule has 1 rings (SSSR count). The van der Waals surface area contributed by atoms with Crippen LogP contribution in [0.15, 0.2) is 0 Å². The predicted octanol–water partition coefficient (Wildman–Crippen LogP) is 2.95. The second-order valence-electron chi connectivity index (χ2n) is 5.59. The SMILES string of the molecule is CCCCCCCCCNC1CCC(=O)N(C)C1. The summed E-state index contributed by atoms with van der Waals surface area (Å²) in [4.78, 5) is 13.2. The molecule has 1 N–H and O–H groups in total. The number of unbranched alkanes of at least 4 members (excludes halogenated alkanes) is 6. The first kappa shape index (κ1) is 15.5. The van der Waals surface area contributed by atoms with E-state index in [2.05, 4.69) is 12.2 Å². The molecule has 1 unspecified atom stereocenters. The minimum atomic E-state index is 0.295. The predicted molar refractivity (Wildman–Crippen MR) is 76.7 cm³/mol. The number of rotatable bonds is 9. The van der Waals surface area contributed by atoms with Gasteiger partial charge < -0.3 is 10.2 Å². The number of likely N-dealkylation sites (N-methyl/N-ethyl adjacent to an activating group) is 1. The number of carbonyl (C=O) groups excluding carboxylic acids is 1. The van der Waals surface area contributed by atoms with E-state index in [1.54, 1.807) is 0 Å². The molecule has 1 atom stereocenters. The number of hydrogen-bond acceptors (Lipinski definition) is 2. The van der Waals surface area contributed by atoms with Crippen LogP contribution in [0.5, 0.6) is 0 Å². The highest BCUT2D eigenvalue weighted by Gasteiger charge is 2.21. The van der Waals surface area contributed by atoms with Gasteiger partial charge in [-0.15, -0.1) is 0 Å². The van der Waals surface area contributed by atoms with Crippen molar-refractivity contribution in [1.82, 2.24) is 10.2 Å². The summed E-state index contributed by atoms with van der Waals surface area (Å²) >= 11 is 0. The van der Waals surface area contributed by atoms with Crippen molar-refractivity contribution in [3.05, 3.63) is 0 Å². The molecule has 18 heavy (non-hydrogen) atoms. The van der Waals surface area contributed by atoms with Gasteiger partial charge in [-0.05, 0) is 19.4 Å². The van der Waals surface area contributed by atoms with Crippen molar-refractivity contribution in [2.45, 2.75) is 70.8 Å². The molecule has 0 aromatic heterocycles. The van der Waals surface area contributed by atoms with Crippen molar-refractivity contribution in [3.8, 4) is 0 Å². The Labute approximate surface area is 112 Å². The quantitative estimate of drug-likeness (QED) is 0.642. The van der Waals surface area contributed by atoms with E-state index in [0.29, 0.717) is 18.4 Å². The lowest BCUT2D eigenvalue weighted by Crippen LogP contribution is -2.46. The van der Waals surface area contributed by atoms with Crippen LogP contribution >= 0.6 is 0 Å². The minimum absolute atomic E-state index is 0.295. The second kappa shape index (κ2) is 9.37. The normalized spacial score (nSPS) is 20.4. The molecule has 0 saturated carbocycles. The third-order valence-electron chi connectivity index (χ3n) is 3.84. The third-order valence-corrected chi connectivity index (χ3v) is 3.84. The number of likely N-dealkylation sites (tertiary alicyclic amines) is 1. The Balaban J connectivity index is 1.90. The van der Waals surface area contributed by atoms with Crippen LogP contribution in [0.2, 0.25) is 0 Å². The third kappa shape index (κ3) is 6.39. The Morgan fingerprint density at radius 1 is 1.17 bits per heavy atom. The summed E-state index contributed by atoms with van der Waals surface area (Å²) in [7, 11) is 1.91. The molecule has 0 aromatic carbocycles. The molecule has 0 aliphatic carbocycles. The second-order valence-corrected chi connectivity index (χ2v) is 5.59. The molecular formula is C15H30N2O. The highest BCUT2D eigenvalue weighted by Crippen LogP contribution is 2.10. The van der Waals surface area contributed by atoms with Crippen LogP contribution in [-0.4, -0.2) is 37.0 Å². The van der Waals surface area contributed by atoms with E-state index < -0.39 is 0 Å². The summed E-state index contributed by atoms with van der Waals surface area (Å²) in [5.41, 5.74) is 0. The van der Waals surface area contributed by atoms with E-state index in [0.717, 1.165) is 19.5 Å². The Kier molecular flexibility index (Phi) is 8.06. The fourth-order valence-corrected chi connectivity index (χ4v) is 2.57. The van der Waals surface area contributed by atoms with Gasteiger partial charge in [0.05, 0.1) is 0 Å². The van der Waals surface area contributed by atoms with Crippen LogP contribution in [0.4, 0.5) is 0 Å². The first-order chi connectivity index (χ1) is 8.74. The Bertz CT molecular complexity index is 231. The summed E-state index contributed by atoms with van der Waals surface area (Å²) in [6, 6.07) is 0.521. The summed E-state index contributed by atoms with van der Waals surface area (Å²) in [6.45, 7) is 4.26. The summed E-state index contributed by atoms with van der Waals surface area (Å²) < 4.78 is 0. The van der Waals surface area contributed by atoms with Gasteiger partial charge in [0.2, 0.25) is 5.91 Å². The average Bonchev–Trinajstić information content (AvgIpc) is 2.37.